The van der Waals surface area contributed by atoms with Gasteiger partial charge in [0.2, 0.25) is 0 Å². The highest BCUT2D eigenvalue weighted by Crippen LogP contribution is 2.49. The maximum atomic E-state index is 2.51. The molecule has 1 heteroatoms. The van der Waals surface area contributed by atoms with Crippen molar-refractivity contribution in [3.05, 3.63) is 88.3 Å². The highest BCUT2D eigenvalue weighted by Gasteiger charge is 2.27. The maximum absolute atomic E-state index is 2.51. The Morgan fingerprint density at radius 3 is 2.36 bits per heavy atom. The van der Waals surface area contributed by atoms with Crippen molar-refractivity contribution >= 4 is 16.7 Å². The van der Waals surface area contributed by atoms with Crippen LogP contribution in [0.1, 0.15) is 30.4 Å². The average Bonchev–Trinajstić information content (AvgIpc) is 3.05. The topological polar surface area (TPSA) is 0 Å². The number of benzene rings is 2. The van der Waals surface area contributed by atoms with Gasteiger partial charge in [-0.2, -0.15) is 0 Å². The van der Waals surface area contributed by atoms with Gasteiger partial charge in [0, 0.05) is 10.8 Å². The Balaban J connectivity index is 1.67. The Bertz CT molecular complexity index is 710. The van der Waals surface area contributed by atoms with E-state index in [-0.39, 0.29) is 0 Å². The van der Waals surface area contributed by atoms with E-state index in [0.29, 0.717) is 5.92 Å². The summed E-state index contributed by atoms with van der Waals surface area (Å²) >= 11 is 2.01. The Kier molecular flexibility index (Phi) is 3.90. The van der Waals surface area contributed by atoms with Gasteiger partial charge in [0.15, 0.2) is 0 Å². The molecule has 1 aliphatic heterocycles. The van der Waals surface area contributed by atoms with Crippen LogP contribution in [0.5, 0.6) is 0 Å². The summed E-state index contributed by atoms with van der Waals surface area (Å²) in [5.41, 5.74) is 4.51. The smallest absolute Gasteiger partial charge is 0.0157 e. The number of hydrogen-bond acceptors (Lipinski definition) is 1. The zero-order valence-corrected chi connectivity index (χ0v) is 13.5. The van der Waals surface area contributed by atoms with E-state index < -0.39 is 0 Å². The molecule has 0 amide bonds. The first kappa shape index (κ1) is 13.9. The highest BCUT2D eigenvalue weighted by molar-refractivity contribution is 8.11. The second-order valence-electron chi connectivity index (χ2n) is 6.10. The van der Waals surface area contributed by atoms with Crippen molar-refractivity contribution in [3.63, 3.8) is 0 Å². The first-order valence-corrected chi connectivity index (χ1v) is 8.93. The van der Waals surface area contributed by atoms with Crippen LogP contribution in [0, 0.1) is 5.92 Å². The molecular weight excluding hydrogens is 284 g/mol. The van der Waals surface area contributed by atoms with Crippen LogP contribution < -0.4 is 0 Å². The molecular formula is C21H20S. The average molecular weight is 304 g/mol. The molecule has 0 saturated carbocycles. The summed E-state index contributed by atoms with van der Waals surface area (Å²) in [7, 11) is 0. The lowest BCUT2D eigenvalue weighted by atomic mass is 9.90. The van der Waals surface area contributed by atoms with Gasteiger partial charge in [-0.1, -0.05) is 84.1 Å². The summed E-state index contributed by atoms with van der Waals surface area (Å²) in [6.45, 7) is 0. The number of thioether (sulfide) groups is 1. The van der Waals surface area contributed by atoms with Gasteiger partial charge in [-0.25, -0.2) is 0 Å². The van der Waals surface area contributed by atoms with Crippen LogP contribution in [0.25, 0.3) is 4.91 Å². The normalized spacial score (nSPS) is 20.7. The van der Waals surface area contributed by atoms with Crippen LogP contribution in [0.2, 0.25) is 0 Å². The maximum Gasteiger partial charge on any atom is 0.0157 e. The molecule has 110 valence electrons. The first-order valence-electron chi connectivity index (χ1n) is 8.11. The molecule has 2 aliphatic rings. The molecule has 1 heterocycles. The molecule has 0 saturated heterocycles. The molecule has 0 radical (unpaired) electrons. The molecule has 1 atom stereocenters. The fraction of sp³-hybridized carbons (Fsp3) is 0.238. The van der Waals surface area contributed by atoms with Crippen molar-refractivity contribution in [2.75, 3.05) is 0 Å². The van der Waals surface area contributed by atoms with E-state index in [2.05, 4.69) is 66.7 Å². The Morgan fingerprint density at radius 1 is 0.864 bits per heavy atom. The van der Waals surface area contributed by atoms with E-state index in [9.17, 15) is 0 Å². The van der Waals surface area contributed by atoms with E-state index in [1.165, 1.54) is 35.3 Å². The Labute approximate surface area is 137 Å². The minimum absolute atomic E-state index is 0.580. The van der Waals surface area contributed by atoms with Gasteiger partial charge in [-0.3, -0.25) is 0 Å². The molecule has 0 spiro atoms. The minimum Gasteiger partial charge on any atom is -0.0943 e. The molecule has 4 rings (SSSR count). The van der Waals surface area contributed by atoms with Crippen LogP contribution >= 0.6 is 11.8 Å². The lowest BCUT2D eigenvalue weighted by Gasteiger charge is -2.24. The number of allylic oxidation sites excluding steroid dienone is 3. The number of rotatable bonds is 3. The van der Waals surface area contributed by atoms with E-state index in [1.807, 2.05) is 11.8 Å². The van der Waals surface area contributed by atoms with Gasteiger partial charge in [0.1, 0.15) is 0 Å². The van der Waals surface area contributed by atoms with E-state index in [4.69, 9.17) is 0 Å². The van der Waals surface area contributed by atoms with Gasteiger partial charge < -0.3 is 0 Å². The molecule has 0 aromatic heterocycles. The summed E-state index contributed by atoms with van der Waals surface area (Å²) in [6.07, 6.45) is 7.54. The van der Waals surface area contributed by atoms with Crippen molar-refractivity contribution in [2.45, 2.75) is 25.7 Å². The van der Waals surface area contributed by atoms with Crippen LogP contribution in [-0.4, -0.2) is 0 Å². The van der Waals surface area contributed by atoms with Gasteiger partial charge in [0.25, 0.3) is 0 Å². The fourth-order valence-corrected chi connectivity index (χ4v) is 4.89. The molecule has 2 aromatic rings. The van der Waals surface area contributed by atoms with Crippen LogP contribution in [-0.2, 0) is 6.42 Å². The molecule has 2 aromatic carbocycles. The third-order valence-corrected chi connectivity index (χ3v) is 5.90. The Hall–Kier alpha value is -1.73. The molecule has 1 unspecified atom stereocenters. The molecule has 0 fully saturated rings. The molecule has 0 bridgehead atoms. The van der Waals surface area contributed by atoms with E-state index in [1.54, 1.807) is 10.5 Å². The van der Waals surface area contributed by atoms with Crippen molar-refractivity contribution in [2.24, 2.45) is 5.92 Å². The minimum atomic E-state index is 0.580. The first-order chi connectivity index (χ1) is 10.9. The van der Waals surface area contributed by atoms with Crippen LogP contribution in [0.4, 0.5) is 0 Å². The summed E-state index contributed by atoms with van der Waals surface area (Å²) < 4.78 is 0. The highest BCUT2D eigenvalue weighted by atomic mass is 32.2. The second kappa shape index (κ2) is 6.18. The summed E-state index contributed by atoms with van der Waals surface area (Å²) in [5.74, 6) is 0.580. The lowest BCUT2D eigenvalue weighted by Crippen LogP contribution is -2.08. The molecule has 1 aliphatic carbocycles. The van der Waals surface area contributed by atoms with E-state index >= 15 is 0 Å². The van der Waals surface area contributed by atoms with Crippen molar-refractivity contribution < 1.29 is 0 Å². The summed E-state index contributed by atoms with van der Waals surface area (Å²) in [6, 6.07) is 21.8. The third-order valence-electron chi connectivity index (χ3n) is 4.60. The second-order valence-corrected chi connectivity index (χ2v) is 7.23. The quantitative estimate of drug-likeness (QED) is 0.663. The molecule has 22 heavy (non-hydrogen) atoms. The third kappa shape index (κ3) is 2.78. The predicted octanol–water partition coefficient (Wildman–Crippen LogP) is 6.07. The molecule has 0 N–H and O–H groups in total. The zero-order chi connectivity index (χ0) is 14.8. The van der Waals surface area contributed by atoms with Gasteiger partial charge in [0.05, 0.1) is 0 Å². The fourth-order valence-electron chi connectivity index (χ4n) is 3.51. The van der Waals surface area contributed by atoms with Gasteiger partial charge >= 0.3 is 0 Å². The van der Waals surface area contributed by atoms with Crippen molar-refractivity contribution in [1.82, 2.24) is 0 Å². The van der Waals surface area contributed by atoms with Crippen molar-refractivity contribution in [1.29, 1.82) is 0 Å². The van der Waals surface area contributed by atoms with E-state index in [0.717, 1.165) is 6.42 Å². The SMILES string of the molecule is C1=C(c2ccccc2)SC2=C(CCC2)C1Cc1ccccc1. The zero-order valence-electron chi connectivity index (χ0n) is 12.7. The molecule has 0 nitrogen and oxygen atoms in total. The standard InChI is InChI=1S/C21H20S/c1-3-8-16(9-4-1)14-18-15-21(17-10-5-2-6-11-17)22-20-13-7-12-19(18)20/h1-6,8-11,15,18H,7,12-14H2. The van der Waals surface area contributed by atoms with Crippen LogP contribution in [0.15, 0.2) is 77.2 Å². The Morgan fingerprint density at radius 2 is 1.59 bits per heavy atom. The van der Waals surface area contributed by atoms with Crippen molar-refractivity contribution in [3.8, 4) is 0 Å². The summed E-state index contributed by atoms with van der Waals surface area (Å²) in [5, 5.41) is 0. The summed E-state index contributed by atoms with van der Waals surface area (Å²) in [4.78, 5) is 3.09. The largest absolute Gasteiger partial charge is 0.0943 e. The number of hydrogen-bond donors (Lipinski definition) is 0. The monoisotopic (exact) mass is 304 g/mol. The van der Waals surface area contributed by atoms with Crippen LogP contribution in [0.3, 0.4) is 0 Å². The van der Waals surface area contributed by atoms with Gasteiger partial charge in [-0.15, -0.1) is 0 Å². The van der Waals surface area contributed by atoms with Gasteiger partial charge in [-0.05, 0) is 41.7 Å². The predicted molar refractivity (Wildman–Crippen MR) is 96.5 cm³/mol. The lowest BCUT2D eigenvalue weighted by molar-refractivity contribution is 0.717.